The number of hydrogen-bond acceptors (Lipinski definition) is 4. The lowest BCUT2D eigenvalue weighted by atomic mass is 9.98. The average Bonchev–Trinajstić information content (AvgIpc) is 2.37. The van der Waals surface area contributed by atoms with Gasteiger partial charge < -0.3 is 20.3 Å². The fraction of sp³-hybridized carbons (Fsp3) is 1.00. The monoisotopic (exact) mass is 245 g/mol. The molecule has 0 amide bonds. The molecule has 1 fully saturated rings. The first-order chi connectivity index (χ1) is 8.33. The molecular weight excluding hydrogens is 218 g/mol. The molecule has 1 aliphatic carbocycles. The van der Waals surface area contributed by atoms with E-state index in [1.165, 1.54) is 19.3 Å². The van der Waals surface area contributed by atoms with E-state index >= 15 is 0 Å². The Labute approximate surface area is 104 Å². The molecule has 1 atom stereocenters. The first kappa shape index (κ1) is 14.9. The summed E-state index contributed by atoms with van der Waals surface area (Å²) in [7, 11) is 0. The maximum absolute atomic E-state index is 9.70. The number of aliphatic hydroxyl groups excluding tert-OH is 2. The molecule has 0 saturated heterocycles. The molecule has 1 aliphatic rings. The third kappa shape index (κ3) is 7.71. The molecule has 4 heteroatoms. The number of ether oxygens (including phenoxy) is 1. The number of aliphatic hydroxyl groups is 2. The van der Waals surface area contributed by atoms with Crippen LogP contribution in [0.15, 0.2) is 0 Å². The van der Waals surface area contributed by atoms with Gasteiger partial charge in [-0.2, -0.15) is 0 Å². The first-order valence-electron chi connectivity index (χ1n) is 6.94. The maximum atomic E-state index is 9.70. The smallest absolute Gasteiger partial charge is 0.0897 e. The topological polar surface area (TPSA) is 61.7 Å². The molecule has 0 spiro atoms. The quantitative estimate of drug-likeness (QED) is 0.532. The van der Waals surface area contributed by atoms with Gasteiger partial charge in [-0.1, -0.05) is 19.3 Å². The van der Waals surface area contributed by atoms with Crippen molar-refractivity contribution >= 4 is 0 Å². The Balaban J connectivity index is 1.91. The molecule has 17 heavy (non-hydrogen) atoms. The van der Waals surface area contributed by atoms with Gasteiger partial charge in [0.05, 0.1) is 18.8 Å². The van der Waals surface area contributed by atoms with E-state index in [4.69, 9.17) is 9.84 Å². The van der Waals surface area contributed by atoms with Crippen LogP contribution in [0.25, 0.3) is 0 Å². The number of rotatable bonds is 9. The molecule has 0 heterocycles. The second kappa shape index (κ2) is 9.83. The van der Waals surface area contributed by atoms with Gasteiger partial charge in [0.1, 0.15) is 0 Å². The number of nitrogens with one attached hydrogen (secondary N) is 1. The van der Waals surface area contributed by atoms with Crippen molar-refractivity contribution in [1.29, 1.82) is 0 Å². The summed E-state index contributed by atoms with van der Waals surface area (Å²) in [5, 5.41) is 21.5. The van der Waals surface area contributed by atoms with E-state index in [0.29, 0.717) is 19.3 Å². The Bertz CT molecular complexity index is 172. The molecule has 0 aromatic heterocycles. The summed E-state index contributed by atoms with van der Waals surface area (Å²) in [6.45, 7) is 2.12. The second-order valence-electron chi connectivity index (χ2n) is 4.88. The Kier molecular flexibility index (Phi) is 8.61. The summed E-state index contributed by atoms with van der Waals surface area (Å²) in [5.41, 5.74) is 0. The molecule has 3 N–H and O–H groups in total. The summed E-state index contributed by atoms with van der Waals surface area (Å²) in [6.07, 6.45) is 7.88. The third-order valence-electron chi connectivity index (χ3n) is 3.22. The van der Waals surface area contributed by atoms with Crippen molar-refractivity contribution in [3.63, 3.8) is 0 Å². The molecular formula is C13H27NO3. The van der Waals surface area contributed by atoms with Crippen molar-refractivity contribution < 1.29 is 14.9 Å². The molecule has 1 saturated carbocycles. The van der Waals surface area contributed by atoms with Gasteiger partial charge >= 0.3 is 0 Å². The fourth-order valence-electron chi connectivity index (χ4n) is 2.17. The molecule has 0 radical (unpaired) electrons. The van der Waals surface area contributed by atoms with Crippen LogP contribution in [0.3, 0.4) is 0 Å². The van der Waals surface area contributed by atoms with Crippen LogP contribution in [0.4, 0.5) is 0 Å². The zero-order valence-corrected chi connectivity index (χ0v) is 10.7. The van der Waals surface area contributed by atoms with Crippen LogP contribution in [0, 0.1) is 0 Å². The predicted octanol–water partition coefficient (Wildman–Crippen LogP) is 1.06. The molecule has 0 aromatic carbocycles. The van der Waals surface area contributed by atoms with Crippen molar-refractivity contribution in [2.45, 2.75) is 57.2 Å². The third-order valence-corrected chi connectivity index (χ3v) is 3.22. The van der Waals surface area contributed by atoms with Crippen LogP contribution in [0.5, 0.6) is 0 Å². The minimum Gasteiger partial charge on any atom is -0.396 e. The highest BCUT2D eigenvalue weighted by Gasteiger charge is 2.15. The van der Waals surface area contributed by atoms with Gasteiger partial charge in [-0.25, -0.2) is 0 Å². The molecule has 102 valence electrons. The van der Waals surface area contributed by atoms with Crippen LogP contribution in [-0.2, 0) is 4.74 Å². The first-order valence-corrected chi connectivity index (χ1v) is 6.94. The van der Waals surface area contributed by atoms with E-state index in [2.05, 4.69) is 5.32 Å². The Morgan fingerprint density at radius 1 is 1.18 bits per heavy atom. The Hall–Kier alpha value is -0.160. The summed E-state index contributed by atoms with van der Waals surface area (Å²) >= 11 is 0. The lowest BCUT2D eigenvalue weighted by molar-refractivity contribution is -0.0229. The maximum Gasteiger partial charge on any atom is 0.0897 e. The molecule has 0 aliphatic heterocycles. The number of hydrogen-bond donors (Lipinski definition) is 3. The van der Waals surface area contributed by atoms with E-state index in [0.717, 1.165) is 32.2 Å². The largest absolute Gasteiger partial charge is 0.396 e. The second-order valence-corrected chi connectivity index (χ2v) is 4.88. The normalized spacial score (nSPS) is 19.4. The number of unbranched alkanes of at least 4 members (excludes halogenated alkanes) is 1. The van der Waals surface area contributed by atoms with E-state index in [-0.39, 0.29) is 6.61 Å². The van der Waals surface area contributed by atoms with Crippen LogP contribution < -0.4 is 5.32 Å². The minimum absolute atomic E-state index is 0.245. The Morgan fingerprint density at radius 2 is 1.94 bits per heavy atom. The molecule has 1 unspecified atom stereocenters. The fourth-order valence-corrected chi connectivity index (χ4v) is 2.17. The van der Waals surface area contributed by atoms with Crippen LogP contribution in [-0.4, -0.2) is 48.7 Å². The Morgan fingerprint density at radius 3 is 2.65 bits per heavy atom. The van der Waals surface area contributed by atoms with Gasteiger partial charge in [0.2, 0.25) is 0 Å². The van der Waals surface area contributed by atoms with E-state index in [9.17, 15) is 5.11 Å². The van der Waals surface area contributed by atoms with Crippen LogP contribution in [0.1, 0.15) is 44.9 Å². The highest BCUT2D eigenvalue weighted by Crippen LogP contribution is 2.20. The highest BCUT2D eigenvalue weighted by atomic mass is 16.5. The van der Waals surface area contributed by atoms with E-state index in [1.54, 1.807) is 0 Å². The lowest BCUT2D eigenvalue weighted by Crippen LogP contribution is -2.33. The van der Waals surface area contributed by atoms with Crippen molar-refractivity contribution in [3.8, 4) is 0 Å². The van der Waals surface area contributed by atoms with E-state index < -0.39 is 6.10 Å². The van der Waals surface area contributed by atoms with E-state index in [1.807, 2.05) is 0 Å². The molecule has 4 nitrogen and oxygen atoms in total. The molecule has 0 bridgehead atoms. The van der Waals surface area contributed by atoms with Crippen molar-refractivity contribution in [2.75, 3.05) is 26.3 Å². The minimum atomic E-state index is -0.411. The molecule has 1 rings (SSSR count). The van der Waals surface area contributed by atoms with Gasteiger partial charge in [0, 0.05) is 13.2 Å². The molecule has 0 aromatic rings. The summed E-state index contributed by atoms with van der Waals surface area (Å²) < 4.78 is 5.69. The van der Waals surface area contributed by atoms with Gasteiger partial charge in [-0.3, -0.25) is 0 Å². The summed E-state index contributed by atoms with van der Waals surface area (Å²) in [5.74, 6) is 0. The average molecular weight is 245 g/mol. The zero-order valence-electron chi connectivity index (χ0n) is 10.7. The van der Waals surface area contributed by atoms with Crippen molar-refractivity contribution in [1.82, 2.24) is 5.32 Å². The van der Waals surface area contributed by atoms with Gasteiger partial charge in [0.15, 0.2) is 0 Å². The summed E-state index contributed by atoms with van der Waals surface area (Å²) in [6, 6.07) is 0. The van der Waals surface area contributed by atoms with Crippen LogP contribution in [0.2, 0.25) is 0 Å². The van der Waals surface area contributed by atoms with Crippen molar-refractivity contribution in [3.05, 3.63) is 0 Å². The van der Waals surface area contributed by atoms with Gasteiger partial charge in [-0.05, 0) is 32.2 Å². The van der Waals surface area contributed by atoms with Crippen molar-refractivity contribution in [2.24, 2.45) is 0 Å². The lowest BCUT2D eigenvalue weighted by Gasteiger charge is -2.23. The highest BCUT2D eigenvalue weighted by molar-refractivity contribution is 4.67. The van der Waals surface area contributed by atoms with Gasteiger partial charge in [-0.15, -0.1) is 0 Å². The van der Waals surface area contributed by atoms with Gasteiger partial charge in [0.25, 0.3) is 0 Å². The van der Waals surface area contributed by atoms with Crippen LogP contribution >= 0.6 is 0 Å². The summed E-state index contributed by atoms with van der Waals surface area (Å²) in [4.78, 5) is 0. The zero-order chi connectivity index (χ0) is 12.3. The predicted molar refractivity (Wildman–Crippen MR) is 68.0 cm³/mol. The standard InChI is InChI=1S/C13H27NO3/c15-9-5-4-8-14-10-12(16)11-17-13-6-2-1-3-7-13/h12-16H,1-11H2. The SMILES string of the molecule is OCCCCNCC(O)COC1CCCCC1.